The van der Waals surface area contributed by atoms with Gasteiger partial charge in [-0.15, -0.1) is 0 Å². The minimum Gasteiger partial charge on any atom is -0.507 e. The van der Waals surface area contributed by atoms with Gasteiger partial charge in [0.05, 0.1) is 4.91 Å². The molecule has 3 rings (SSSR count). The fourth-order valence-corrected chi connectivity index (χ4v) is 3.93. The second-order valence-electron chi connectivity index (χ2n) is 6.08. The van der Waals surface area contributed by atoms with Gasteiger partial charge in [0.15, 0.2) is 0 Å². The predicted octanol–water partition coefficient (Wildman–Crippen LogP) is 3.32. The van der Waals surface area contributed by atoms with Gasteiger partial charge in [-0.2, -0.15) is 0 Å². The van der Waals surface area contributed by atoms with Crippen molar-refractivity contribution in [3.8, 4) is 5.75 Å². The molecule has 7 nitrogen and oxygen atoms in total. The van der Waals surface area contributed by atoms with E-state index in [-0.39, 0.29) is 30.1 Å². The number of thioether (sulfide) groups is 1. The van der Waals surface area contributed by atoms with E-state index in [1.165, 1.54) is 28.8 Å². The highest BCUT2D eigenvalue weighted by Gasteiger charge is 2.32. The van der Waals surface area contributed by atoms with Gasteiger partial charge in [-0.3, -0.25) is 14.5 Å². The molecule has 1 fully saturated rings. The van der Waals surface area contributed by atoms with Crippen LogP contribution in [0.2, 0.25) is 0 Å². The number of nitrogens with one attached hydrogen (secondary N) is 1. The Bertz CT molecular complexity index is 1020. The Balaban J connectivity index is 1.59. The van der Waals surface area contributed by atoms with Gasteiger partial charge in [0, 0.05) is 24.7 Å². The van der Waals surface area contributed by atoms with Crippen LogP contribution in [0.25, 0.3) is 6.08 Å². The molecule has 2 amide bonds. The first-order valence-corrected chi connectivity index (χ1v) is 9.74. The van der Waals surface area contributed by atoms with Crippen LogP contribution in [0.3, 0.4) is 0 Å². The Kier molecular flexibility index (Phi) is 6.30. The van der Waals surface area contributed by atoms with E-state index in [1.54, 1.807) is 6.08 Å². The molecular formula is C20H16N2O5S2. The third-order valence-corrected chi connectivity index (χ3v) is 5.42. The minimum atomic E-state index is -1.27. The molecule has 0 radical (unpaired) electrons. The highest BCUT2D eigenvalue weighted by Crippen LogP contribution is 2.32. The molecule has 0 bridgehead atoms. The third kappa shape index (κ3) is 5.01. The maximum absolute atomic E-state index is 12.6. The van der Waals surface area contributed by atoms with Crippen molar-refractivity contribution in [1.29, 1.82) is 0 Å². The Morgan fingerprint density at radius 1 is 1.17 bits per heavy atom. The summed E-state index contributed by atoms with van der Waals surface area (Å²) in [7, 11) is 0. The lowest BCUT2D eigenvalue weighted by atomic mass is 10.2. The van der Waals surface area contributed by atoms with Gasteiger partial charge < -0.3 is 15.5 Å². The Labute approximate surface area is 176 Å². The quantitative estimate of drug-likeness (QED) is 0.479. The van der Waals surface area contributed by atoms with E-state index in [4.69, 9.17) is 17.3 Å². The SMILES string of the molecule is O=C(CCN1C(=O)C(=Cc2ccccc2)SC1=S)Nc1ccc(C(=O)O)c(O)c1. The van der Waals surface area contributed by atoms with Gasteiger partial charge in [-0.05, 0) is 23.8 Å². The normalized spacial score (nSPS) is 15.0. The maximum atomic E-state index is 12.6. The summed E-state index contributed by atoms with van der Waals surface area (Å²) in [5, 5.41) is 21.1. The first-order valence-electron chi connectivity index (χ1n) is 8.52. The monoisotopic (exact) mass is 428 g/mol. The number of hydrogen-bond acceptors (Lipinski definition) is 6. The largest absolute Gasteiger partial charge is 0.507 e. The van der Waals surface area contributed by atoms with E-state index < -0.39 is 17.6 Å². The summed E-state index contributed by atoms with van der Waals surface area (Å²) in [5.74, 6) is -2.36. The summed E-state index contributed by atoms with van der Waals surface area (Å²) in [5.41, 5.74) is 0.882. The van der Waals surface area contributed by atoms with Crippen molar-refractivity contribution in [1.82, 2.24) is 4.90 Å². The van der Waals surface area contributed by atoms with Crippen LogP contribution >= 0.6 is 24.0 Å². The maximum Gasteiger partial charge on any atom is 0.339 e. The van der Waals surface area contributed by atoms with Crippen LogP contribution in [0, 0.1) is 0 Å². The van der Waals surface area contributed by atoms with E-state index >= 15 is 0 Å². The van der Waals surface area contributed by atoms with Crippen molar-refractivity contribution < 1.29 is 24.6 Å². The molecule has 0 atom stereocenters. The van der Waals surface area contributed by atoms with Gasteiger partial charge >= 0.3 is 5.97 Å². The van der Waals surface area contributed by atoms with Crippen LogP contribution in [0.5, 0.6) is 5.75 Å². The molecule has 9 heteroatoms. The van der Waals surface area contributed by atoms with Crippen LogP contribution in [-0.2, 0) is 9.59 Å². The Morgan fingerprint density at radius 3 is 2.55 bits per heavy atom. The minimum absolute atomic E-state index is 0.00744. The Hall–Kier alpha value is -3.17. The summed E-state index contributed by atoms with van der Waals surface area (Å²) < 4.78 is 0.383. The fourth-order valence-electron chi connectivity index (χ4n) is 2.62. The molecule has 0 saturated carbocycles. The molecule has 0 unspecified atom stereocenters. The number of carbonyl (C=O) groups is 3. The number of thiocarbonyl (C=S) groups is 1. The smallest absolute Gasteiger partial charge is 0.339 e. The van der Waals surface area contributed by atoms with Crippen molar-refractivity contribution in [2.45, 2.75) is 6.42 Å². The number of carbonyl (C=O) groups excluding carboxylic acids is 2. The highest BCUT2D eigenvalue weighted by molar-refractivity contribution is 8.26. The van der Waals surface area contributed by atoms with Crippen molar-refractivity contribution >= 4 is 57.8 Å². The molecular weight excluding hydrogens is 412 g/mol. The topological polar surface area (TPSA) is 107 Å². The third-order valence-electron chi connectivity index (χ3n) is 4.05. The van der Waals surface area contributed by atoms with E-state index in [0.717, 1.165) is 11.6 Å². The van der Waals surface area contributed by atoms with E-state index in [0.29, 0.717) is 9.23 Å². The van der Waals surface area contributed by atoms with Gasteiger partial charge in [-0.1, -0.05) is 54.3 Å². The van der Waals surface area contributed by atoms with Crippen molar-refractivity contribution in [3.05, 3.63) is 64.6 Å². The van der Waals surface area contributed by atoms with Gasteiger partial charge in [-0.25, -0.2) is 4.79 Å². The number of aromatic carboxylic acids is 1. The van der Waals surface area contributed by atoms with Crippen molar-refractivity contribution in [2.24, 2.45) is 0 Å². The summed E-state index contributed by atoms with van der Waals surface area (Å²) in [4.78, 5) is 37.5. The number of anilines is 1. The number of amides is 2. The summed E-state index contributed by atoms with van der Waals surface area (Å²) >= 11 is 6.44. The molecule has 3 N–H and O–H groups in total. The average molecular weight is 428 g/mol. The molecule has 1 heterocycles. The number of carboxylic acid groups (broad SMARTS) is 1. The van der Waals surface area contributed by atoms with Gasteiger partial charge in [0.25, 0.3) is 5.91 Å². The zero-order valence-corrected chi connectivity index (χ0v) is 16.6. The number of nitrogens with zero attached hydrogens (tertiary/aromatic N) is 1. The lowest BCUT2D eigenvalue weighted by Gasteiger charge is -2.14. The first-order chi connectivity index (χ1) is 13.8. The standard InChI is InChI=1S/C20H16N2O5S2/c23-15-11-13(6-7-14(15)19(26)27)21-17(24)8-9-22-18(25)16(29-20(22)28)10-12-4-2-1-3-5-12/h1-7,10-11,23H,8-9H2,(H,21,24)(H,26,27). The lowest BCUT2D eigenvalue weighted by molar-refractivity contribution is -0.122. The van der Waals surface area contributed by atoms with E-state index in [2.05, 4.69) is 5.32 Å². The molecule has 0 aliphatic carbocycles. The number of carboxylic acids is 1. The number of aromatic hydroxyl groups is 1. The molecule has 1 aliphatic heterocycles. The summed E-state index contributed by atoms with van der Waals surface area (Å²) in [6.07, 6.45) is 1.75. The second kappa shape index (κ2) is 8.89. The number of phenols is 1. The molecule has 2 aromatic carbocycles. The average Bonchev–Trinajstić information content (AvgIpc) is 2.93. The van der Waals surface area contributed by atoms with Crippen LogP contribution < -0.4 is 5.32 Å². The highest BCUT2D eigenvalue weighted by atomic mass is 32.2. The number of benzene rings is 2. The van der Waals surface area contributed by atoms with Gasteiger partial charge in [0.2, 0.25) is 5.91 Å². The summed E-state index contributed by atoms with van der Waals surface area (Å²) in [6.45, 7) is 0.113. The summed E-state index contributed by atoms with van der Waals surface area (Å²) in [6, 6.07) is 13.1. The van der Waals surface area contributed by atoms with Crippen LogP contribution in [0.4, 0.5) is 5.69 Å². The van der Waals surface area contributed by atoms with Crippen LogP contribution in [0.15, 0.2) is 53.4 Å². The van der Waals surface area contributed by atoms with Gasteiger partial charge in [0.1, 0.15) is 15.6 Å². The zero-order valence-electron chi connectivity index (χ0n) is 15.0. The predicted molar refractivity (Wildman–Crippen MR) is 115 cm³/mol. The molecule has 0 aromatic heterocycles. The fraction of sp³-hybridized carbons (Fsp3) is 0.100. The molecule has 1 aliphatic rings. The first kappa shape index (κ1) is 20.6. The Morgan fingerprint density at radius 2 is 1.90 bits per heavy atom. The molecule has 0 spiro atoms. The van der Waals surface area contributed by atoms with E-state index in [9.17, 15) is 19.5 Å². The lowest BCUT2D eigenvalue weighted by Crippen LogP contribution is -2.31. The molecule has 1 saturated heterocycles. The van der Waals surface area contributed by atoms with Crippen LogP contribution in [0.1, 0.15) is 22.3 Å². The van der Waals surface area contributed by atoms with Crippen molar-refractivity contribution in [3.63, 3.8) is 0 Å². The number of rotatable bonds is 6. The molecule has 2 aromatic rings. The van der Waals surface area contributed by atoms with Crippen molar-refractivity contribution in [2.75, 3.05) is 11.9 Å². The number of hydrogen-bond donors (Lipinski definition) is 3. The molecule has 148 valence electrons. The molecule has 29 heavy (non-hydrogen) atoms. The second-order valence-corrected chi connectivity index (χ2v) is 7.76. The zero-order chi connectivity index (χ0) is 21.0. The van der Waals surface area contributed by atoms with Crippen LogP contribution in [-0.4, -0.2) is 43.8 Å². The van der Waals surface area contributed by atoms with E-state index in [1.807, 2.05) is 30.3 Å².